The van der Waals surface area contributed by atoms with Gasteiger partial charge in [-0.15, -0.1) is 0 Å². The van der Waals surface area contributed by atoms with Crippen molar-refractivity contribution in [2.75, 3.05) is 13.7 Å². The summed E-state index contributed by atoms with van der Waals surface area (Å²) in [5, 5.41) is 0. The molecule has 0 heterocycles. The van der Waals surface area contributed by atoms with Crippen LogP contribution >= 0.6 is 0 Å². The molecule has 2 atom stereocenters. The smallest absolute Gasteiger partial charge is 0.120 e. The maximum Gasteiger partial charge on any atom is 0.120 e. The average Bonchev–Trinajstić information content (AvgIpc) is 2.26. The predicted molar refractivity (Wildman–Crippen MR) is 65.6 cm³/mol. The van der Waals surface area contributed by atoms with Gasteiger partial charge in [0.1, 0.15) is 5.75 Å². The van der Waals surface area contributed by atoms with Gasteiger partial charge in [0, 0.05) is 26.2 Å². The Morgan fingerprint density at radius 3 is 2.69 bits per heavy atom. The maximum absolute atomic E-state index is 5.82. The zero-order valence-electron chi connectivity index (χ0n) is 10.3. The molecular formula is C13H21NO2. The molecule has 3 heteroatoms. The van der Waals surface area contributed by atoms with Crippen molar-refractivity contribution in [1.29, 1.82) is 0 Å². The van der Waals surface area contributed by atoms with Crippen molar-refractivity contribution in [3.8, 4) is 5.75 Å². The standard InChI is InChI=1S/C13H21NO2/c1-10(7-8-15-3)16-13-6-4-5-12(9-13)11(2)14/h4-6,9-11H,7-8,14H2,1-3H3/t10?,11-/m0/s1. The van der Waals surface area contributed by atoms with Gasteiger partial charge in [-0.2, -0.15) is 0 Å². The quantitative estimate of drug-likeness (QED) is 0.806. The highest BCUT2D eigenvalue weighted by molar-refractivity contribution is 5.30. The number of rotatable bonds is 6. The molecule has 0 aliphatic heterocycles. The second kappa shape index (κ2) is 6.51. The van der Waals surface area contributed by atoms with E-state index in [0.717, 1.165) is 17.7 Å². The van der Waals surface area contributed by atoms with Crippen LogP contribution in [0.25, 0.3) is 0 Å². The molecule has 1 unspecified atom stereocenters. The molecule has 0 aromatic heterocycles. The molecule has 0 aliphatic carbocycles. The van der Waals surface area contributed by atoms with E-state index >= 15 is 0 Å². The molecular weight excluding hydrogens is 202 g/mol. The largest absolute Gasteiger partial charge is 0.491 e. The molecule has 0 amide bonds. The minimum absolute atomic E-state index is 0.0397. The normalized spacial score (nSPS) is 14.5. The monoisotopic (exact) mass is 223 g/mol. The SMILES string of the molecule is COCCC(C)Oc1cccc([C@H](C)N)c1. The molecule has 1 aromatic rings. The topological polar surface area (TPSA) is 44.5 Å². The van der Waals surface area contributed by atoms with Crippen LogP contribution in [0.1, 0.15) is 31.9 Å². The second-order valence-electron chi connectivity index (χ2n) is 4.07. The van der Waals surface area contributed by atoms with Crippen LogP contribution in [0.2, 0.25) is 0 Å². The molecule has 3 nitrogen and oxygen atoms in total. The molecule has 0 fully saturated rings. The van der Waals surface area contributed by atoms with E-state index in [0.29, 0.717) is 6.61 Å². The number of ether oxygens (including phenoxy) is 2. The Balaban J connectivity index is 2.56. The van der Waals surface area contributed by atoms with Gasteiger partial charge in [-0.3, -0.25) is 0 Å². The molecule has 16 heavy (non-hydrogen) atoms. The van der Waals surface area contributed by atoms with Gasteiger partial charge in [0.2, 0.25) is 0 Å². The summed E-state index contributed by atoms with van der Waals surface area (Å²) in [7, 11) is 1.70. The third-order valence-corrected chi connectivity index (χ3v) is 2.45. The van der Waals surface area contributed by atoms with Gasteiger partial charge >= 0.3 is 0 Å². The minimum atomic E-state index is 0.0397. The second-order valence-corrected chi connectivity index (χ2v) is 4.07. The summed E-state index contributed by atoms with van der Waals surface area (Å²) >= 11 is 0. The first kappa shape index (κ1) is 13.0. The molecule has 90 valence electrons. The Kier molecular flexibility index (Phi) is 5.29. The Bertz CT molecular complexity index is 313. The van der Waals surface area contributed by atoms with Gasteiger partial charge < -0.3 is 15.2 Å². The number of benzene rings is 1. The van der Waals surface area contributed by atoms with Crippen LogP contribution in [-0.2, 0) is 4.74 Å². The van der Waals surface area contributed by atoms with Gasteiger partial charge in [0.15, 0.2) is 0 Å². The minimum Gasteiger partial charge on any atom is -0.491 e. The first-order valence-electron chi connectivity index (χ1n) is 5.64. The van der Waals surface area contributed by atoms with E-state index < -0.39 is 0 Å². The van der Waals surface area contributed by atoms with E-state index in [9.17, 15) is 0 Å². The highest BCUT2D eigenvalue weighted by atomic mass is 16.5. The van der Waals surface area contributed by atoms with Crippen LogP contribution in [0.5, 0.6) is 5.75 Å². The van der Waals surface area contributed by atoms with Crippen LogP contribution in [0.3, 0.4) is 0 Å². The van der Waals surface area contributed by atoms with Crippen molar-refractivity contribution in [3.05, 3.63) is 29.8 Å². The molecule has 0 radical (unpaired) electrons. The van der Waals surface area contributed by atoms with Gasteiger partial charge in [-0.1, -0.05) is 12.1 Å². The van der Waals surface area contributed by atoms with Crippen molar-refractivity contribution in [2.24, 2.45) is 5.73 Å². The summed E-state index contributed by atoms with van der Waals surface area (Å²) in [6.45, 7) is 4.72. The molecule has 0 saturated carbocycles. The number of methoxy groups -OCH3 is 1. The van der Waals surface area contributed by atoms with Gasteiger partial charge in [0.25, 0.3) is 0 Å². The average molecular weight is 223 g/mol. The first-order valence-corrected chi connectivity index (χ1v) is 5.64. The Morgan fingerprint density at radius 1 is 1.31 bits per heavy atom. The molecule has 0 saturated heterocycles. The van der Waals surface area contributed by atoms with E-state index in [1.165, 1.54) is 0 Å². The van der Waals surface area contributed by atoms with Crippen LogP contribution in [0, 0.1) is 0 Å². The summed E-state index contributed by atoms with van der Waals surface area (Å²) in [5.41, 5.74) is 6.91. The molecule has 0 bridgehead atoms. The lowest BCUT2D eigenvalue weighted by atomic mass is 10.1. The summed E-state index contributed by atoms with van der Waals surface area (Å²) in [6, 6.07) is 7.97. The zero-order chi connectivity index (χ0) is 12.0. The van der Waals surface area contributed by atoms with E-state index in [1.807, 2.05) is 38.1 Å². The van der Waals surface area contributed by atoms with Crippen LogP contribution < -0.4 is 10.5 Å². The van der Waals surface area contributed by atoms with Crippen LogP contribution in [0.4, 0.5) is 0 Å². The third kappa shape index (κ3) is 4.21. The Labute approximate surface area is 97.6 Å². The maximum atomic E-state index is 5.82. The Morgan fingerprint density at radius 2 is 2.06 bits per heavy atom. The lowest BCUT2D eigenvalue weighted by Gasteiger charge is -2.15. The fourth-order valence-electron chi connectivity index (χ4n) is 1.45. The van der Waals surface area contributed by atoms with E-state index in [-0.39, 0.29) is 12.1 Å². The number of nitrogens with two attached hydrogens (primary N) is 1. The van der Waals surface area contributed by atoms with Crippen molar-refractivity contribution < 1.29 is 9.47 Å². The molecule has 2 N–H and O–H groups in total. The highest BCUT2D eigenvalue weighted by Crippen LogP contribution is 2.19. The van der Waals surface area contributed by atoms with Crippen LogP contribution in [-0.4, -0.2) is 19.8 Å². The molecule has 0 spiro atoms. The first-order chi connectivity index (χ1) is 7.63. The number of hydrogen-bond donors (Lipinski definition) is 1. The van der Waals surface area contributed by atoms with Crippen LogP contribution in [0.15, 0.2) is 24.3 Å². The zero-order valence-corrected chi connectivity index (χ0v) is 10.3. The van der Waals surface area contributed by atoms with E-state index in [2.05, 4.69) is 0 Å². The van der Waals surface area contributed by atoms with Crippen molar-refractivity contribution in [2.45, 2.75) is 32.4 Å². The van der Waals surface area contributed by atoms with E-state index in [1.54, 1.807) is 7.11 Å². The number of hydrogen-bond acceptors (Lipinski definition) is 3. The summed E-state index contributed by atoms with van der Waals surface area (Å²) in [4.78, 5) is 0. The summed E-state index contributed by atoms with van der Waals surface area (Å²) in [5.74, 6) is 0.874. The molecule has 1 aromatic carbocycles. The van der Waals surface area contributed by atoms with Gasteiger partial charge in [-0.25, -0.2) is 0 Å². The lowest BCUT2D eigenvalue weighted by Crippen LogP contribution is -2.14. The summed E-state index contributed by atoms with van der Waals surface area (Å²) in [6.07, 6.45) is 1.04. The third-order valence-electron chi connectivity index (χ3n) is 2.45. The van der Waals surface area contributed by atoms with Crippen molar-refractivity contribution in [1.82, 2.24) is 0 Å². The summed E-state index contributed by atoms with van der Waals surface area (Å²) < 4.78 is 10.8. The highest BCUT2D eigenvalue weighted by Gasteiger charge is 2.05. The van der Waals surface area contributed by atoms with Gasteiger partial charge in [0.05, 0.1) is 6.10 Å². The van der Waals surface area contributed by atoms with E-state index in [4.69, 9.17) is 15.2 Å². The fourth-order valence-corrected chi connectivity index (χ4v) is 1.45. The van der Waals surface area contributed by atoms with Gasteiger partial charge in [-0.05, 0) is 31.5 Å². The lowest BCUT2D eigenvalue weighted by molar-refractivity contribution is 0.135. The van der Waals surface area contributed by atoms with Crippen molar-refractivity contribution >= 4 is 0 Å². The molecule has 1 rings (SSSR count). The Hall–Kier alpha value is -1.06. The van der Waals surface area contributed by atoms with Crippen molar-refractivity contribution in [3.63, 3.8) is 0 Å². The molecule has 0 aliphatic rings. The predicted octanol–water partition coefficient (Wildman–Crippen LogP) is 2.51. The fraction of sp³-hybridized carbons (Fsp3) is 0.538.